The number of hydrogen-bond donors (Lipinski definition) is 3. The molecule has 0 saturated carbocycles. The molecule has 4 rings (SSSR count). The molecule has 0 aliphatic carbocycles. The van der Waals surface area contributed by atoms with Gasteiger partial charge in [-0.15, -0.1) is 0 Å². The SMILES string of the molecule is CCCC(CC(=O)O)c1cc2cc(OCCc3ccc4c(n3)NCCC4)ccc2[nH]1. The molecule has 0 spiro atoms. The Kier molecular flexibility index (Phi) is 6.21. The van der Waals surface area contributed by atoms with E-state index >= 15 is 0 Å². The van der Waals surface area contributed by atoms with Crippen molar-refractivity contribution in [1.29, 1.82) is 0 Å². The van der Waals surface area contributed by atoms with E-state index in [0.717, 1.165) is 72.5 Å². The molecule has 3 heterocycles. The monoisotopic (exact) mass is 407 g/mol. The van der Waals surface area contributed by atoms with E-state index in [2.05, 4.69) is 35.4 Å². The summed E-state index contributed by atoms with van der Waals surface area (Å²) < 4.78 is 5.98. The standard InChI is InChI=1S/C24H29N3O3/c1-2-4-17(15-23(28)29)22-14-18-13-20(8-9-21(18)27-22)30-12-10-19-7-6-16-5-3-11-25-24(16)26-19/h6-9,13-14,17,27H,2-5,10-12,15H2,1H3,(H,25,26)(H,28,29). The fourth-order valence-corrected chi connectivity index (χ4v) is 4.15. The molecular weight excluding hydrogens is 378 g/mol. The normalized spacial score (nSPS) is 14.2. The number of H-pyrrole nitrogens is 1. The average molecular weight is 408 g/mol. The van der Waals surface area contributed by atoms with Gasteiger partial charge in [-0.1, -0.05) is 19.4 Å². The van der Waals surface area contributed by atoms with Crippen molar-refractivity contribution in [2.45, 2.75) is 51.4 Å². The zero-order valence-corrected chi connectivity index (χ0v) is 17.4. The number of anilines is 1. The number of benzene rings is 1. The van der Waals surface area contributed by atoms with Crippen molar-refractivity contribution >= 4 is 22.7 Å². The Morgan fingerprint density at radius 3 is 3.00 bits per heavy atom. The third-order valence-corrected chi connectivity index (χ3v) is 5.69. The predicted molar refractivity (Wildman–Crippen MR) is 118 cm³/mol. The Bertz CT molecular complexity index is 1030. The van der Waals surface area contributed by atoms with Crippen LogP contribution in [0.25, 0.3) is 10.9 Å². The number of carbonyl (C=O) groups is 1. The summed E-state index contributed by atoms with van der Waals surface area (Å²) in [7, 11) is 0. The Labute approximate surface area is 176 Å². The van der Waals surface area contributed by atoms with Gasteiger partial charge in [0, 0.05) is 41.2 Å². The van der Waals surface area contributed by atoms with Crippen LogP contribution in [0.5, 0.6) is 5.75 Å². The highest BCUT2D eigenvalue weighted by molar-refractivity contribution is 5.82. The van der Waals surface area contributed by atoms with Crippen molar-refractivity contribution < 1.29 is 14.6 Å². The minimum Gasteiger partial charge on any atom is -0.493 e. The van der Waals surface area contributed by atoms with Gasteiger partial charge in [0.2, 0.25) is 0 Å². The summed E-state index contributed by atoms with van der Waals surface area (Å²) in [5.74, 6) is 1.08. The lowest BCUT2D eigenvalue weighted by Crippen LogP contribution is -2.14. The highest BCUT2D eigenvalue weighted by Gasteiger charge is 2.17. The van der Waals surface area contributed by atoms with Crippen molar-refractivity contribution in [3.63, 3.8) is 0 Å². The molecule has 6 heteroatoms. The van der Waals surface area contributed by atoms with Crippen LogP contribution in [0.15, 0.2) is 36.4 Å². The Balaban J connectivity index is 1.40. The van der Waals surface area contributed by atoms with Crippen molar-refractivity contribution in [2.75, 3.05) is 18.5 Å². The van der Waals surface area contributed by atoms with Crippen LogP contribution in [0.2, 0.25) is 0 Å². The number of ether oxygens (including phenoxy) is 1. The number of fused-ring (bicyclic) bond motifs is 2. The lowest BCUT2D eigenvalue weighted by molar-refractivity contribution is -0.137. The predicted octanol–water partition coefficient (Wildman–Crippen LogP) is 4.90. The lowest BCUT2D eigenvalue weighted by Gasteiger charge is -2.17. The van der Waals surface area contributed by atoms with Gasteiger partial charge >= 0.3 is 5.97 Å². The maximum Gasteiger partial charge on any atom is 0.304 e. The quantitative estimate of drug-likeness (QED) is 0.470. The summed E-state index contributed by atoms with van der Waals surface area (Å²) >= 11 is 0. The summed E-state index contributed by atoms with van der Waals surface area (Å²) in [6.45, 7) is 3.63. The van der Waals surface area contributed by atoms with Gasteiger partial charge in [0.1, 0.15) is 11.6 Å². The fourth-order valence-electron chi connectivity index (χ4n) is 4.15. The van der Waals surface area contributed by atoms with Crippen LogP contribution in [0.3, 0.4) is 0 Å². The number of nitrogens with one attached hydrogen (secondary N) is 2. The number of carboxylic acids is 1. The third kappa shape index (κ3) is 4.75. The molecule has 1 aromatic carbocycles. The topological polar surface area (TPSA) is 87.2 Å². The molecule has 6 nitrogen and oxygen atoms in total. The van der Waals surface area contributed by atoms with E-state index in [1.807, 2.05) is 18.2 Å². The van der Waals surface area contributed by atoms with E-state index in [1.165, 1.54) is 5.56 Å². The molecule has 0 fully saturated rings. The van der Waals surface area contributed by atoms with Crippen LogP contribution >= 0.6 is 0 Å². The minimum absolute atomic E-state index is 0.00737. The number of aliphatic carboxylic acids is 1. The van der Waals surface area contributed by atoms with E-state index in [4.69, 9.17) is 9.72 Å². The lowest BCUT2D eigenvalue weighted by atomic mass is 9.96. The summed E-state index contributed by atoms with van der Waals surface area (Å²) in [6, 6.07) is 12.3. The first kappa shape index (κ1) is 20.3. The highest BCUT2D eigenvalue weighted by atomic mass is 16.5. The van der Waals surface area contributed by atoms with E-state index < -0.39 is 5.97 Å². The first-order valence-corrected chi connectivity index (χ1v) is 10.8. The van der Waals surface area contributed by atoms with E-state index in [9.17, 15) is 9.90 Å². The molecule has 0 bridgehead atoms. The molecule has 0 amide bonds. The highest BCUT2D eigenvalue weighted by Crippen LogP contribution is 2.29. The maximum absolute atomic E-state index is 11.2. The van der Waals surface area contributed by atoms with E-state index in [1.54, 1.807) is 0 Å². The maximum atomic E-state index is 11.2. The largest absolute Gasteiger partial charge is 0.493 e. The minimum atomic E-state index is -0.762. The summed E-state index contributed by atoms with van der Waals surface area (Å²) in [5, 5.41) is 13.6. The first-order valence-electron chi connectivity index (χ1n) is 10.8. The molecule has 1 atom stereocenters. The zero-order chi connectivity index (χ0) is 20.9. The van der Waals surface area contributed by atoms with Crippen molar-refractivity contribution in [1.82, 2.24) is 9.97 Å². The number of aromatic nitrogens is 2. The van der Waals surface area contributed by atoms with E-state index in [0.29, 0.717) is 6.61 Å². The van der Waals surface area contributed by atoms with Crippen LogP contribution in [0, 0.1) is 0 Å². The average Bonchev–Trinajstić information content (AvgIpc) is 3.16. The zero-order valence-electron chi connectivity index (χ0n) is 17.4. The molecule has 1 aliphatic heterocycles. The number of aromatic amines is 1. The summed E-state index contributed by atoms with van der Waals surface area (Å²) in [4.78, 5) is 19.3. The number of pyridine rings is 1. The Morgan fingerprint density at radius 1 is 1.27 bits per heavy atom. The molecule has 2 aromatic heterocycles. The third-order valence-electron chi connectivity index (χ3n) is 5.69. The van der Waals surface area contributed by atoms with Crippen LogP contribution in [0.1, 0.15) is 55.5 Å². The van der Waals surface area contributed by atoms with Crippen LogP contribution in [0.4, 0.5) is 5.82 Å². The van der Waals surface area contributed by atoms with Gasteiger partial charge in [-0.3, -0.25) is 4.79 Å². The smallest absolute Gasteiger partial charge is 0.304 e. The van der Waals surface area contributed by atoms with Crippen molar-refractivity contribution in [3.8, 4) is 5.75 Å². The van der Waals surface area contributed by atoms with Gasteiger partial charge in [-0.05, 0) is 55.2 Å². The van der Waals surface area contributed by atoms with Gasteiger partial charge in [-0.2, -0.15) is 0 Å². The molecule has 158 valence electrons. The van der Waals surface area contributed by atoms with Crippen LogP contribution < -0.4 is 10.1 Å². The molecule has 0 saturated heterocycles. The summed E-state index contributed by atoms with van der Waals surface area (Å²) in [5.41, 5.74) is 4.32. The van der Waals surface area contributed by atoms with Crippen molar-refractivity contribution in [2.24, 2.45) is 0 Å². The Hall–Kier alpha value is -3.02. The second kappa shape index (κ2) is 9.20. The summed E-state index contributed by atoms with van der Waals surface area (Å²) in [6.07, 6.45) is 4.96. The molecular formula is C24H29N3O3. The second-order valence-electron chi connectivity index (χ2n) is 8.00. The molecule has 30 heavy (non-hydrogen) atoms. The van der Waals surface area contributed by atoms with Gasteiger partial charge in [0.15, 0.2) is 0 Å². The van der Waals surface area contributed by atoms with Crippen LogP contribution in [-0.4, -0.2) is 34.2 Å². The molecule has 3 aromatic rings. The van der Waals surface area contributed by atoms with Gasteiger partial charge in [-0.25, -0.2) is 4.98 Å². The van der Waals surface area contributed by atoms with Gasteiger partial charge < -0.3 is 20.1 Å². The number of hydrogen-bond acceptors (Lipinski definition) is 4. The molecule has 0 radical (unpaired) electrons. The van der Waals surface area contributed by atoms with Crippen LogP contribution in [-0.2, 0) is 17.6 Å². The first-order chi connectivity index (χ1) is 14.6. The number of nitrogens with zero attached hydrogens (tertiary/aromatic N) is 1. The number of rotatable bonds is 9. The Morgan fingerprint density at radius 2 is 2.17 bits per heavy atom. The van der Waals surface area contributed by atoms with Gasteiger partial charge in [0.25, 0.3) is 0 Å². The van der Waals surface area contributed by atoms with E-state index in [-0.39, 0.29) is 12.3 Å². The molecule has 1 unspecified atom stereocenters. The molecule has 3 N–H and O–H groups in total. The van der Waals surface area contributed by atoms with Crippen molar-refractivity contribution in [3.05, 3.63) is 53.3 Å². The molecule has 1 aliphatic rings. The second-order valence-corrected chi connectivity index (χ2v) is 8.00. The number of aryl methyl sites for hydroxylation is 1. The van der Waals surface area contributed by atoms with Gasteiger partial charge in [0.05, 0.1) is 13.0 Å². The fraction of sp³-hybridized carbons (Fsp3) is 0.417. The number of carboxylic acid groups (broad SMARTS) is 1.